The van der Waals surface area contributed by atoms with Crippen LogP contribution < -0.4 is 15.4 Å². The van der Waals surface area contributed by atoms with Crippen LogP contribution in [0.25, 0.3) is 0 Å². The minimum atomic E-state index is -0.511. The van der Waals surface area contributed by atoms with Crippen LogP contribution in [0, 0.1) is 0 Å². The number of hydrogen-bond donors (Lipinski definition) is 2. The van der Waals surface area contributed by atoms with Crippen LogP contribution in [-0.4, -0.2) is 37.2 Å². The summed E-state index contributed by atoms with van der Waals surface area (Å²) in [5.74, 6) is 0.622. The Morgan fingerprint density at radius 2 is 1.88 bits per heavy atom. The number of hydrogen-bond acceptors (Lipinski definition) is 5. The van der Waals surface area contributed by atoms with E-state index in [1.54, 1.807) is 32.4 Å². The summed E-state index contributed by atoms with van der Waals surface area (Å²) in [5.41, 5.74) is 2.19. The summed E-state index contributed by atoms with van der Waals surface area (Å²) in [7, 11) is 1.63. The van der Waals surface area contributed by atoms with Crippen LogP contribution in [0.5, 0.6) is 5.75 Å². The van der Waals surface area contributed by atoms with E-state index in [0.29, 0.717) is 24.4 Å². The molecule has 0 bridgehead atoms. The first kappa shape index (κ1) is 19.2. The molecule has 1 aromatic carbocycles. The molecule has 2 aromatic rings. The Hall–Kier alpha value is -3.09. The SMILES string of the molecule is CCOC(=O)NCc1cc(C(=O)NCCc2ccc(OC)cc2)ccn1. The first-order valence-electron chi connectivity index (χ1n) is 8.39. The molecule has 7 heteroatoms. The monoisotopic (exact) mass is 357 g/mol. The van der Waals surface area contributed by atoms with E-state index < -0.39 is 6.09 Å². The molecule has 0 aliphatic heterocycles. The summed E-state index contributed by atoms with van der Waals surface area (Å²) in [6.07, 6.45) is 1.75. The normalized spacial score (nSPS) is 10.1. The van der Waals surface area contributed by atoms with Gasteiger partial charge in [-0.2, -0.15) is 0 Å². The highest BCUT2D eigenvalue weighted by Crippen LogP contribution is 2.11. The lowest BCUT2D eigenvalue weighted by atomic mass is 10.1. The lowest BCUT2D eigenvalue weighted by molar-refractivity contribution is 0.0954. The number of amides is 2. The van der Waals surface area contributed by atoms with Crippen molar-refractivity contribution in [2.45, 2.75) is 19.9 Å². The van der Waals surface area contributed by atoms with Gasteiger partial charge < -0.3 is 20.1 Å². The number of pyridine rings is 1. The highest BCUT2D eigenvalue weighted by molar-refractivity contribution is 5.94. The van der Waals surface area contributed by atoms with E-state index in [4.69, 9.17) is 9.47 Å². The number of nitrogens with zero attached hydrogens (tertiary/aromatic N) is 1. The maximum Gasteiger partial charge on any atom is 0.407 e. The number of alkyl carbamates (subject to hydrolysis) is 1. The Labute approximate surface area is 152 Å². The molecule has 0 spiro atoms. The third-order valence-electron chi connectivity index (χ3n) is 3.63. The van der Waals surface area contributed by atoms with Crippen molar-refractivity contribution in [3.05, 3.63) is 59.4 Å². The van der Waals surface area contributed by atoms with Crippen LogP contribution in [-0.2, 0) is 17.7 Å². The van der Waals surface area contributed by atoms with E-state index in [1.807, 2.05) is 24.3 Å². The minimum Gasteiger partial charge on any atom is -0.497 e. The number of methoxy groups -OCH3 is 1. The fourth-order valence-electron chi connectivity index (χ4n) is 2.28. The maximum atomic E-state index is 12.3. The van der Waals surface area contributed by atoms with Crippen LogP contribution in [0.3, 0.4) is 0 Å². The second-order valence-electron chi connectivity index (χ2n) is 5.46. The van der Waals surface area contributed by atoms with Gasteiger partial charge in [0.15, 0.2) is 0 Å². The summed E-state index contributed by atoms with van der Waals surface area (Å²) in [6, 6.07) is 11.0. The van der Waals surface area contributed by atoms with E-state index in [2.05, 4.69) is 15.6 Å². The Bertz CT molecular complexity index is 732. The Morgan fingerprint density at radius 3 is 2.58 bits per heavy atom. The van der Waals surface area contributed by atoms with Gasteiger partial charge in [-0.1, -0.05) is 12.1 Å². The zero-order chi connectivity index (χ0) is 18.8. The van der Waals surface area contributed by atoms with Gasteiger partial charge in [0.05, 0.1) is 26.0 Å². The summed E-state index contributed by atoms with van der Waals surface area (Å²) in [4.78, 5) is 27.7. The van der Waals surface area contributed by atoms with Gasteiger partial charge in [-0.05, 0) is 43.2 Å². The number of rotatable bonds is 8. The highest BCUT2D eigenvalue weighted by Gasteiger charge is 2.08. The van der Waals surface area contributed by atoms with Crippen molar-refractivity contribution in [1.29, 1.82) is 0 Å². The molecule has 7 nitrogen and oxygen atoms in total. The van der Waals surface area contributed by atoms with Gasteiger partial charge in [-0.25, -0.2) is 4.79 Å². The van der Waals surface area contributed by atoms with Gasteiger partial charge in [0, 0.05) is 18.3 Å². The predicted molar refractivity (Wildman–Crippen MR) is 97.1 cm³/mol. The molecule has 0 fully saturated rings. The van der Waals surface area contributed by atoms with Gasteiger partial charge in [0.2, 0.25) is 0 Å². The van der Waals surface area contributed by atoms with E-state index in [9.17, 15) is 9.59 Å². The van der Waals surface area contributed by atoms with Crippen molar-refractivity contribution in [2.24, 2.45) is 0 Å². The molecular formula is C19H23N3O4. The fraction of sp³-hybridized carbons (Fsp3) is 0.316. The molecule has 0 saturated heterocycles. The number of carbonyl (C=O) groups excluding carboxylic acids is 2. The molecule has 0 aliphatic rings. The summed E-state index contributed by atoms with van der Waals surface area (Å²) >= 11 is 0. The number of nitrogens with one attached hydrogen (secondary N) is 2. The summed E-state index contributed by atoms with van der Waals surface area (Å²) in [6.45, 7) is 2.75. The number of aromatic nitrogens is 1. The zero-order valence-electron chi connectivity index (χ0n) is 15.0. The summed E-state index contributed by atoms with van der Waals surface area (Å²) < 4.78 is 9.91. The van der Waals surface area contributed by atoms with Gasteiger partial charge in [0.1, 0.15) is 5.75 Å². The number of benzene rings is 1. The lowest BCUT2D eigenvalue weighted by Crippen LogP contribution is -2.27. The minimum absolute atomic E-state index is 0.182. The van der Waals surface area contributed by atoms with Crippen LogP contribution in [0.4, 0.5) is 4.79 Å². The fourth-order valence-corrected chi connectivity index (χ4v) is 2.28. The van der Waals surface area contributed by atoms with Gasteiger partial charge in [-0.3, -0.25) is 9.78 Å². The predicted octanol–water partition coefficient (Wildman–Crippen LogP) is 2.31. The van der Waals surface area contributed by atoms with E-state index in [-0.39, 0.29) is 12.5 Å². The molecule has 0 aliphatic carbocycles. The molecule has 2 N–H and O–H groups in total. The van der Waals surface area contributed by atoms with Gasteiger partial charge in [-0.15, -0.1) is 0 Å². The van der Waals surface area contributed by atoms with Gasteiger partial charge in [0.25, 0.3) is 5.91 Å². The largest absolute Gasteiger partial charge is 0.497 e. The maximum absolute atomic E-state index is 12.3. The Balaban J connectivity index is 1.82. The second kappa shape index (κ2) is 10.0. The smallest absolute Gasteiger partial charge is 0.407 e. The van der Waals surface area contributed by atoms with E-state index >= 15 is 0 Å². The molecule has 0 atom stereocenters. The van der Waals surface area contributed by atoms with E-state index in [1.165, 1.54) is 0 Å². The quantitative estimate of drug-likeness (QED) is 0.757. The third kappa shape index (κ3) is 6.08. The first-order chi connectivity index (χ1) is 12.6. The Kier molecular flexibility index (Phi) is 7.42. The van der Waals surface area contributed by atoms with Crippen molar-refractivity contribution in [1.82, 2.24) is 15.6 Å². The molecular weight excluding hydrogens is 334 g/mol. The van der Waals surface area contributed by atoms with Crippen LogP contribution in [0.2, 0.25) is 0 Å². The van der Waals surface area contributed by atoms with Crippen LogP contribution in [0.1, 0.15) is 28.5 Å². The zero-order valence-corrected chi connectivity index (χ0v) is 15.0. The highest BCUT2D eigenvalue weighted by atomic mass is 16.5. The molecule has 1 heterocycles. The molecule has 0 unspecified atom stereocenters. The molecule has 0 radical (unpaired) electrons. The molecule has 2 rings (SSSR count). The van der Waals surface area contributed by atoms with Crippen LogP contribution in [0.15, 0.2) is 42.6 Å². The molecule has 0 saturated carbocycles. The molecule has 2 amide bonds. The van der Waals surface area contributed by atoms with Crippen molar-refractivity contribution < 1.29 is 19.1 Å². The summed E-state index contributed by atoms with van der Waals surface area (Å²) in [5, 5.41) is 5.45. The standard InChI is InChI=1S/C19H23N3O4/c1-3-26-19(24)22-13-16-12-15(9-11-20-16)18(23)21-10-8-14-4-6-17(25-2)7-5-14/h4-7,9,11-12H,3,8,10,13H2,1-2H3,(H,21,23)(H,22,24). The molecule has 1 aromatic heterocycles. The van der Waals surface area contributed by atoms with Crippen molar-refractivity contribution in [3.8, 4) is 5.75 Å². The van der Waals surface area contributed by atoms with Crippen molar-refractivity contribution in [3.63, 3.8) is 0 Å². The lowest BCUT2D eigenvalue weighted by Gasteiger charge is -2.08. The number of ether oxygens (including phenoxy) is 2. The number of carbonyl (C=O) groups is 2. The van der Waals surface area contributed by atoms with Gasteiger partial charge >= 0.3 is 6.09 Å². The molecule has 138 valence electrons. The van der Waals surface area contributed by atoms with Crippen LogP contribution >= 0.6 is 0 Å². The van der Waals surface area contributed by atoms with Crippen molar-refractivity contribution in [2.75, 3.05) is 20.3 Å². The third-order valence-corrected chi connectivity index (χ3v) is 3.63. The molecule has 26 heavy (non-hydrogen) atoms. The first-order valence-corrected chi connectivity index (χ1v) is 8.39. The average molecular weight is 357 g/mol. The second-order valence-corrected chi connectivity index (χ2v) is 5.46. The van der Waals surface area contributed by atoms with E-state index in [0.717, 1.165) is 17.7 Å². The average Bonchev–Trinajstić information content (AvgIpc) is 2.67. The topological polar surface area (TPSA) is 89.5 Å². The Morgan fingerprint density at radius 1 is 1.12 bits per heavy atom. The van der Waals surface area contributed by atoms with Crippen molar-refractivity contribution >= 4 is 12.0 Å².